The van der Waals surface area contributed by atoms with Crippen molar-refractivity contribution in [2.45, 2.75) is 32.0 Å². The molecule has 4 aromatic carbocycles. The predicted octanol–water partition coefficient (Wildman–Crippen LogP) is 6.98. The molecule has 1 unspecified atom stereocenters. The normalized spacial score (nSPS) is 14.8. The maximum Gasteiger partial charge on any atom is 0.119 e. The van der Waals surface area contributed by atoms with Crippen LogP contribution in [0.3, 0.4) is 0 Å². The third kappa shape index (κ3) is 5.27. The van der Waals surface area contributed by atoms with Gasteiger partial charge in [-0.25, -0.2) is 0 Å². The van der Waals surface area contributed by atoms with Crippen LogP contribution < -0.4 is 19.1 Å². The average Bonchev–Trinajstić information content (AvgIpc) is 2.93. The van der Waals surface area contributed by atoms with E-state index in [-0.39, 0.29) is 6.04 Å². The standard InChI is InChI=1S/C31H31NO3/c1-33-27-15-10-25(11-16-27)30-18-12-26-20-29(34-2)17-19-31(26)32(30)21-23-8-13-28(14-9-23)35-22-24-6-4-3-5-7-24/h3-11,13-17,19-20,30H,12,18,21-22H2,1-2H3. The van der Waals surface area contributed by atoms with Crippen LogP contribution >= 0.6 is 0 Å². The summed E-state index contributed by atoms with van der Waals surface area (Å²) in [6.07, 6.45) is 2.07. The molecule has 1 aliphatic rings. The summed E-state index contributed by atoms with van der Waals surface area (Å²) in [5, 5.41) is 0. The molecule has 178 valence electrons. The smallest absolute Gasteiger partial charge is 0.119 e. The summed E-state index contributed by atoms with van der Waals surface area (Å²) in [5.41, 5.74) is 6.31. The van der Waals surface area contributed by atoms with E-state index in [0.717, 1.165) is 36.6 Å². The van der Waals surface area contributed by atoms with Gasteiger partial charge in [0.05, 0.1) is 20.3 Å². The zero-order chi connectivity index (χ0) is 24.0. The predicted molar refractivity (Wildman–Crippen MR) is 140 cm³/mol. The number of hydrogen-bond donors (Lipinski definition) is 0. The van der Waals surface area contributed by atoms with Crippen molar-refractivity contribution in [1.29, 1.82) is 0 Å². The molecule has 0 saturated carbocycles. The van der Waals surface area contributed by atoms with Crippen LogP contribution in [-0.2, 0) is 19.6 Å². The zero-order valence-corrected chi connectivity index (χ0v) is 20.3. The Kier molecular flexibility index (Phi) is 6.89. The molecule has 4 nitrogen and oxygen atoms in total. The fourth-order valence-electron chi connectivity index (χ4n) is 4.78. The molecule has 1 aliphatic heterocycles. The van der Waals surface area contributed by atoms with Crippen LogP contribution in [0.1, 0.15) is 34.7 Å². The first-order chi connectivity index (χ1) is 17.2. The molecule has 0 aromatic heterocycles. The average molecular weight is 466 g/mol. The van der Waals surface area contributed by atoms with Crippen molar-refractivity contribution in [2.75, 3.05) is 19.1 Å². The Labute approximate surface area is 207 Å². The minimum Gasteiger partial charge on any atom is -0.497 e. The van der Waals surface area contributed by atoms with Crippen molar-refractivity contribution in [2.24, 2.45) is 0 Å². The van der Waals surface area contributed by atoms with Crippen molar-refractivity contribution < 1.29 is 14.2 Å². The number of rotatable bonds is 8. The lowest BCUT2D eigenvalue weighted by Gasteiger charge is -2.39. The molecular formula is C31H31NO3. The summed E-state index contributed by atoms with van der Waals surface area (Å²) in [6.45, 7) is 1.38. The van der Waals surface area contributed by atoms with Gasteiger partial charge in [-0.3, -0.25) is 0 Å². The van der Waals surface area contributed by atoms with Crippen LogP contribution in [0.4, 0.5) is 5.69 Å². The zero-order valence-electron chi connectivity index (χ0n) is 20.3. The minimum absolute atomic E-state index is 0.288. The molecule has 0 amide bonds. The summed E-state index contributed by atoms with van der Waals surface area (Å²) in [4.78, 5) is 2.51. The first-order valence-electron chi connectivity index (χ1n) is 12.1. The summed E-state index contributed by atoms with van der Waals surface area (Å²) in [6, 6.07) is 33.9. The van der Waals surface area contributed by atoms with Crippen LogP contribution in [-0.4, -0.2) is 14.2 Å². The Bertz CT molecular complexity index is 1240. The van der Waals surface area contributed by atoms with Crippen LogP contribution in [0.15, 0.2) is 97.1 Å². The number of anilines is 1. The van der Waals surface area contributed by atoms with Gasteiger partial charge >= 0.3 is 0 Å². The molecule has 1 atom stereocenters. The number of benzene rings is 4. The Balaban J connectivity index is 1.38. The number of ether oxygens (including phenoxy) is 3. The molecule has 5 rings (SSSR count). The second-order valence-corrected chi connectivity index (χ2v) is 8.87. The van der Waals surface area contributed by atoms with E-state index < -0.39 is 0 Å². The molecule has 0 saturated heterocycles. The molecule has 0 aliphatic carbocycles. The summed E-state index contributed by atoms with van der Waals surface area (Å²) < 4.78 is 16.9. The summed E-state index contributed by atoms with van der Waals surface area (Å²) in [5.74, 6) is 2.67. The van der Waals surface area contributed by atoms with Gasteiger partial charge in [-0.05, 0) is 77.6 Å². The second-order valence-electron chi connectivity index (χ2n) is 8.87. The maximum absolute atomic E-state index is 5.99. The molecule has 1 heterocycles. The highest BCUT2D eigenvalue weighted by atomic mass is 16.5. The highest BCUT2D eigenvalue weighted by Gasteiger charge is 2.28. The van der Waals surface area contributed by atoms with Gasteiger partial charge in [0.25, 0.3) is 0 Å². The van der Waals surface area contributed by atoms with Gasteiger partial charge in [0.1, 0.15) is 23.9 Å². The number of hydrogen-bond acceptors (Lipinski definition) is 4. The molecular weight excluding hydrogens is 434 g/mol. The van der Waals surface area contributed by atoms with Gasteiger partial charge in [-0.15, -0.1) is 0 Å². The monoisotopic (exact) mass is 465 g/mol. The van der Waals surface area contributed by atoms with E-state index in [2.05, 4.69) is 83.8 Å². The van der Waals surface area contributed by atoms with E-state index in [4.69, 9.17) is 14.2 Å². The van der Waals surface area contributed by atoms with Crippen molar-refractivity contribution in [3.8, 4) is 17.2 Å². The van der Waals surface area contributed by atoms with Gasteiger partial charge in [-0.2, -0.15) is 0 Å². The lowest BCUT2D eigenvalue weighted by Crippen LogP contribution is -2.32. The van der Waals surface area contributed by atoms with Gasteiger partial charge in [0, 0.05) is 12.2 Å². The van der Waals surface area contributed by atoms with Crippen LogP contribution in [0.5, 0.6) is 17.2 Å². The number of aryl methyl sites for hydroxylation is 1. The van der Waals surface area contributed by atoms with E-state index >= 15 is 0 Å². The third-order valence-corrected chi connectivity index (χ3v) is 6.68. The van der Waals surface area contributed by atoms with E-state index in [1.54, 1.807) is 14.2 Å². The van der Waals surface area contributed by atoms with Crippen LogP contribution in [0.2, 0.25) is 0 Å². The van der Waals surface area contributed by atoms with Crippen molar-refractivity contribution in [3.05, 3.63) is 119 Å². The highest BCUT2D eigenvalue weighted by Crippen LogP contribution is 2.41. The van der Waals surface area contributed by atoms with Gasteiger partial charge in [-0.1, -0.05) is 54.6 Å². The highest BCUT2D eigenvalue weighted by molar-refractivity contribution is 5.60. The molecule has 4 aromatic rings. The van der Waals surface area contributed by atoms with E-state index in [1.807, 2.05) is 18.2 Å². The van der Waals surface area contributed by atoms with E-state index in [9.17, 15) is 0 Å². The molecule has 0 N–H and O–H groups in total. The summed E-state index contributed by atoms with van der Waals surface area (Å²) in [7, 11) is 3.43. The molecule has 0 bridgehead atoms. The lowest BCUT2D eigenvalue weighted by molar-refractivity contribution is 0.306. The largest absolute Gasteiger partial charge is 0.497 e. The maximum atomic E-state index is 5.99. The molecule has 4 heteroatoms. The fourth-order valence-corrected chi connectivity index (χ4v) is 4.78. The van der Waals surface area contributed by atoms with Crippen LogP contribution in [0, 0.1) is 0 Å². The fraction of sp³-hybridized carbons (Fsp3) is 0.226. The van der Waals surface area contributed by atoms with Crippen molar-refractivity contribution in [1.82, 2.24) is 0 Å². The van der Waals surface area contributed by atoms with Crippen molar-refractivity contribution >= 4 is 5.69 Å². The van der Waals surface area contributed by atoms with E-state index in [0.29, 0.717) is 6.61 Å². The lowest BCUT2D eigenvalue weighted by atomic mass is 9.90. The van der Waals surface area contributed by atoms with Gasteiger partial charge in [0.2, 0.25) is 0 Å². The van der Waals surface area contributed by atoms with Crippen molar-refractivity contribution in [3.63, 3.8) is 0 Å². The van der Waals surface area contributed by atoms with Gasteiger partial charge < -0.3 is 19.1 Å². The molecule has 0 fully saturated rings. The minimum atomic E-state index is 0.288. The second kappa shape index (κ2) is 10.6. The number of nitrogens with zero attached hydrogens (tertiary/aromatic N) is 1. The Morgan fingerprint density at radius 1 is 0.714 bits per heavy atom. The SMILES string of the molecule is COc1ccc(C2CCc3cc(OC)ccc3N2Cc2ccc(OCc3ccccc3)cc2)cc1. The number of fused-ring (bicyclic) bond motifs is 1. The quantitative estimate of drug-likeness (QED) is 0.281. The van der Waals surface area contributed by atoms with E-state index in [1.165, 1.54) is 27.9 Å². The van der Waals surface area contributed by atoms with Gasteiger partial charge in [0.15, 0.2) is 0 Å². The topological polar surface area (TPSA) is 30.9 Å². The number of methoxy groups -OCH3 is 2. The molecule has 35 heavy (non-hydrogen) atoms. The first kappa shape index (κ1) is 22.9. The molecule has 0 spiro atoms. The van der Waals surface area contributed by atoms with Crippen LogP contribution in [0.25, 0.3) is 0 Å². The Hall–Kier alpha value is -3.92. The Morgan fingerprint density at radius 3 is 2.11 bits per heavy atom. The first-order valence-corrected chi connectivity index (χ1v) is 12.1. The summed E-state index contributed by atoms with van der Waals surface area (Å²) >= 11 is 0. The third-order valence-electron chi connectivity index (χ3n) is 6.68. The molecule has 0 radical (unpaired) electrons. The Morgan fingerprint density at radius 2 is 1.40 bits per heavy atom.